The van der Waals surface area contributed by atoms with E-state index in [0.717, 1.165) is 4.47 Å². The van der Waals surface area contributed by atoms with Crippen LogP contribution in [0.25, 0.3) is 22.8 Å². The highest BCUT2D eigenvalue weighted by Crippen LogP contribution is 2.31. The number of rotatable bonds is 2. The van der Waals surface area contributed by atoms with Crippen molar-refractivity contribution in [3.05, 3.63) is 52.3 Å². The van der Waals surface area contributed by atoms with Gasteiger partial charge in [-0.15, -0.1) is 0 Å². The molecule has 0 fully saturated rings. The summed E-state index contributed by atoms with van der Waals surface area (Å²) in [7, 11) is 0. The molecular weight excluding hydrogens is 337 g/mol. The number of nitrogen functional groups attached to an aromatic ring is 1. The summed E-state index contributed by atoms with van der Waals surface area (Å²) < 4.78 is 19.3. The Balaban J connectivity index is 2.03. The van der Waals surface area contributed by atoms with Crippen molar-refractivity contribution >= 4 is 21.6 Å². The third-order valence-corrected chi connectivity index (χ3v) is 3.82. The molecule has 3 rings (SSSR count). The molecule has 0 saturated carbocycles. The van der Waals surface area contributed by atoms with Gasteiger partial charge in [-0.05, 0) is 58.7 Å². The molecule has 1 heterocycles. The first-order chi connectivity index (χ1) is 10.1. The number of hydrogen-bond acceptors (Lipinski definition) is 4. The molecule has 0 aliphatic rings. The molecule has 2 aromatic carbocycles. The number of nitrogens with two attached hydrogens (primary N) is 1. The van der Waals surface area contributed by atoms with E-state index in [-0.39, 0.29) is 5.82 Å². The molecule has 0 spiro atoms. The van der Waals surface area contributed by atoms with E-state index in [1.165, 1.54) is 6.07 Å². The van der Waals surface area contributed by atoms with E-state index in [2.05, 4.69) is 26.1 Å². The van der Waals surface area contributed by atoms with Crippen LogP contribution < -0.4 is 5.73 Å². The first-order valence-electron chi connectivity index (χ1n) is 6.21. The van der Waals surface area contributed by atoms with Gasteiger partial charge in [0.25, 0.3) is 5.89 Å². The zero-order chi connectivity index (χ0) is 15.0. The Labute approximate surface area is 128 Å². The number of aryl methyl sites for hydroxylation is 1. The summed E-state index contributed by atoms with van der Waals surface area (Å²) in [4.78, 5) is 4.32. The molecule has 1 aromatic heterocycles. The second kappa shape index (κ2) is 5.29. The topological polar surface area (TPSA) is 64.9 Å². The molecule has 4 nitrogen and oxygen atoms in total. The standard InChI is InChI=1S/C15H11BrFN3O/c1-8-7-9(5-6-12(8)17)14-19-15(21-20-14)10-3-2-4-11(16)13(10)18/h2-7H,18H2,1H3. The molecule has 6 heteroatoms. The lowest BCUT2D eigenvalue weighted by Gasteiger charge is -2.02. The summed E-state index contributed by atoms with van der Waals surface area (Å²) in [6.07, 6.45) is 0. The average Bonchev–Trinajstić information content (AvgIpc) is 2.94. The van der Waals surface area contributed by atoms with Crippen LogP contribution in [0.3, 0.4) is 0 Å². The second-order valence-corrected chi connectivity index (χ2v) is 5.44. The highest BCUT2D eigenvalue weighted by molar-refractivity contribution is 9.10. The minimum absolute atomic E-state index is 0.265. The maximum Gasteiger partial charge on any atom is 0.260 e. The van der Waals surface area contributed by atoms with Gasteiger partial charge in [-0.2, -0.15) is 4.98 Å². The van der Waals surface area contributed by atoms with Gasteiger partial charge in [-0.25, -0.2) is 4.39 Å². The van der Waals surface area contributed by atoms with E-state index >= 15 is 0 Å². The molecule has 2 N–H and O–H groups in total. The van der Waals surface area contributed by atoms with E-state index in [1.54, 1.807) is 25.1 Å². The minimum atomic E-state index is -0.265. The van der Waals surface area contributed by atoms with Crippen LogP contribution in [0.4, 0.5) is 10.1 Å². The van der Waals surface area contributed by atoms with Gasteiger partial charge < -0.3 is 10.3 Å². The van der Waals surface area contributed by atoms with Gasteiger partial charge in [0.05, 0.1) is 11.3 Å². The molecule has 0 saturated heterocycles. The minimum Gasteiger partial charge on any atom is -0.397 e. The van der Waals surface area contributed by atoms with Crippen LogP contribution in [0.5, 0.6) is 0 Å². The Morgan fingerprint density at radius 3 is 2.81 bits per heavy atom. The fourth-order valence-electron chi connectivity index (χ4n) is 1.96. The van der Waals surface area contributed by atoms with Crippen LogP contribution in [0.2, 0.25) is 0 Å². The fraction of sp³-hybridized carbons (Fsp3) is 0.0667. The SMILES string of the molecule is Cc1cc(-c2noc(-c3cccc(Br)c3N)n2)ccc1F. The highest BCUT2D eigenvalue weighted by atomic mass is 79.9. The van der Waals surface area contributed by atoms with E-state index in [1.807, 2.05) is 12.1 Å². The van der Waals surface area contributed by atoms with E-state index in [9.17, 15) is 4.39 Å². The Kier molecular flexibility index (Phi) is 3.47. The maximum atomic E-state index is 13.3. The number of para-hydroxylation sites is 1. The number of hydrogen-bond donors (Lipinski definition) is 1. The number of nitrogens with zero attached hydrogens (tertiary/aromatic N) is 2. The zero-order valence-electron chi connectivity index (χ0n) is 11.1. The Bertz CT molecular complexity index is 816. The van der Waals surface area contributed by atoms with Crippen molar-refractivity contribution < 1.29 is 8.91 Å². The van der Waals surface area contributed by atoms with Gasteiger partial charge in [0.1, 0.15) is 5.82 Å². The molecule has 0 aliphatic heterocycles. The second-order valence-electron chi connectivity index (χ2n) is 4.59. The predicted molar refractivity (Wildman–Crippen MR) is 82.0 cm³/mol. The molecular formula is C15H11BrFN3O. The molecule has 21 heavy (non-hydrogen) atoms. The Hall–Kier alpha value is -2.21. The van der Waals surface area contributed by atoms with Crippen LogP contribution in [-0.4, -0.2) is 10.1 Å². The summed E-state index contributed by atoms with van der Waals surface area (Å²) in [6, 6.07) is 10.1. The van der Waals surface area contributed by atoms with Crippen molar-refractivity contribution in [3.63, 3.8) is 0 Å². The average molecular weight is 348 g/mol. The van der Waals surface area contributed by atoms with Gasteiger partial charge in [-0.1, -0.05) is 11.2 Å². The van der Waals surface area contributed by atoms with Crippen molar-refractivity contribution in [1.82, 2.24) is 10.1 Å². The summed E-state index contributed by atoms with van der Waals surface area (Å²) >= 11 is 3.36. The molecule has 3 aromatic rings. The smallest absolute Gasteiger partial charge is 0.260 e. The van der Waals surface area contributed by atoms with E-state index in [0.29, 0.717) is 34.1 Å². The molecule has 0 amide bonds. The first kappa shape index (κ1) is 13.8. The van der Waals surface area contributed by atoms with Crippen LogP contribution >= 0.6 is 15.9 Å². The van der Waals surface area contributed by atoms with Crippen LogP contribution in [0.1, 0.15) is 5.56 Å². The Morgan fingerprint density at radius 2 is 2.05 bits per heavy atom. The monoisotopic (exact) mass is 347 g/mol. The summed E-state index contributed by atoms with van der Waals surface area (Å²) in [5, 5.41) is 3.92. The largest absolute Gasteiger partial charge is 0.397 e. The van der Waals surface area contributed by atoms with Gasteiger partial charge in [-0.3, -0.25) is 0 Å². The van der Waals surface area contributed by atoms with Gasteiger partial charge >= 0.3 is 0 Å². The van der Waals surface area contributed by atoms with E-state index < -0.39 is 0 Å². The van der Waals surface area contributed by atoms with Crippen LogP contribution in [0.15, 0.2) is 45.4 Å². The van der Waals surface area contributed by atoms with E-state index in [4.69, 9.17) is 10.3 Å². The molecule has 0 atom stereocenters. The normalized spacial score (nSPS) is 10.8. The Morgan fingerprint density at radius 1 is 1.24 bits per heavy atom. The quantitative estimate of drug-likeness (QED) is 0.705. The lowest BCUT2D eigenvalue weighted by atomic mass is 10.1. The van der Waals surface area contributed by atoms with Crippen molar-refractivity contribution in [2.45, 2.75) is 6.92 Å². The van der Waals surface area contributed by atoms with Crippen molar-refractivity contribution in [1.29, 1.82) is 0 Å². The molecule has 0 radical (unpaired) electrons. The molecule has 106 valence electrons. The van der Waals surface area contributed by atoms with Crippen molar-refractivity contribution in [2.75, 3.05) is 5.73 Å². The maximum absolute atomic E-state index is 13.3. The zero-order valence-corrected chi connectivity index (χ0v) is 12.7. The van der Waals surface area contributed by atoms with Crippen LogP contribution in [-0.2, 0) is 0 Å². The highest BCUT2D eigenvalue weighted by Gasteiger charge is 2.14. The predicted octanol–water partition coefficient (Wildman–Crippen LogP) is 4.20. The van der Waals surface area contributed by atoms with Crippen molar-refractivity contribution in [2.24, 2.45) is 0 Å². The van der Waals surface area contributed by atoms with Crippen LogP contribution in [0, 0.1) is 12.7 Å². The van der Waals surface area contributed by atoms with Gasteiger partial charge in [0.15, 0.2) is 0 Å². The van der Waals surface area contributed by atoms with Gasteiger partial charge in [0, 0.05) is 10.0 Å². The summed E-state index contributed by atoms with van der Waals surface area (Å²) in [5.74, 6) is 0.456. The molecule has 0 unspecified atom stereocenters. The number of anilines is 1. The first-order valence-corrected chi connectivity index (χ1v) is 7.00. The molecule has 0 aliphatic carbocycles. The third kappa shape index (κ3) is 2.54. The summed E-state index contributed by atoms with van der Waals surface area (Å²) in [6.45, 7) is 1.69. The fourth-order valence-corrected chi connectivity index (χ4v) is 2.32. The lowest BCUT2D eigenvalue weighted by molar-refractivity contribution is 0.432. The number of halogens is 2. The number of aromatic nitrogens is 2. The van der Waals surface area contributed by atoms with Crippen molar-refractivity contribution in [3.8, 4) is 22.8 Å². The summed E-state index contributed by atoms with van der Waals surface area (Å²) in [5.41, 5.74) is 8.39. The molecule has 0 bridgehead atoms. The lowest BCUT2D eigenvalue weighted by Crippen LogP contribution is -1.91. The third-order valence-electron chi connectivity index (χ3n) is 3.13. The van der Waals surface area contributed by atoms with Gasteiger partial charge in [0.2, 0.25) is 5.82 Å². The number of benzene rings is 2.